The number of alkyl halides is 3. The maximum absolute atomic E-state index is 14.0. The lowest BCUT2D eigenvalue weighted by molar-refractivity contribution is -0.242. The molecular formula is C25H29F4N3O7S. The molecule has 0 bridgehead atoms. The molecular weight excluding hydrogens is 562 g/mol. The molecule has 2 aromatic carbocycles. The molecule has 2 amide bonds. The summed E-state index contributed by atoms with van der Waals surface area (Å²) in [6, 6.07) is 6.68. The van der Waals surface area contributed by atoms with Crippen molar-refractivity contribution >= 4 is 33.4 Å². The number of sulfonamides is 1. The minimum Gasteiger partial charge on any atom is -0.494 e. The SMILES string of the molecule is COc1cc(S(=O)(=O)N2C[C@H](CC(C)(C)C(N)=O)Oc3ccc(NC(=O)OC(C)(C)C(F)(F)F)cc32)ccc1F. The minimum atomic E-state index is -4.84. The third-order valence-electron chi connectivity index (χ3n) is 6.28. The van der Waals surface area contributed by atoms with E-state index in [-0.39, 0.29) is 40.7 Å². The van der Waals surface area contributed by atoms with Crippen molar-refractivity contribution in [1.29, 1.82) is 0 Å². The Kier molecular flexibility index (Phi) is 8.21. The van der Waals surface area contributed by atoms with E-state index in [1.165, 1.54) is 18.2 Å². The van der Waals surface area contributed by atoms with Crippen LogP contribution in [0.15, 0.2) is 41.3 Å². The number of fused-ring (bicyclic) bond motifs is 1. The van der Waals surface area contributed by atoms with Gasteiger partial charge in [0.15, 0.2) is 11.6 Å². The smallest absolute Gasteiger partial charge is 0.427 e. The van der Waals surface area contributed by atoms with Crippen LogP contribution in [0.2, 0.25) is 0 Å². The Balaban J connectivity index is 2.03. The molecule has 0 aliphatic carbocycles. The molecule has 1 heterocycles. The molecule has 0 saturated carbocycles. The van der Waals surface area contributed by atoms with E-state index in [1.807, 2.05) is 0 Å². The lowest BCUT2D eigenvalue weighted by Gasteiger charge is -2.38. The molecule has 3 rings (SSSR count). The minimum absolute atomic E-state index is 0.0272. The first kappa shape index (κ1) is 30.8. The highest BCUT2D eigenvalue weighted by Crippen LogP contribution is 2.41. The molecule has 3 N–H and O–H groups in total. The average molecular weight is 592 g/mol. The number of hydrogen-bond acceptors (Lipinski definition) is 7. The first-order chi connectivity index (χ1) is 18.3. The van der Waals surface area contributed by atoms with Gasteiger partial charge in [-0.15, -0.1) is 0 Å². The third kappa shape index (κ3) is 6.35. The fourth-order valence-electron chi connectivity index (χ4n) is 3.75. The van der Waals surface area contributed by atoms with Gasteiger partial charge in [-0.3, -0.25) is 14.4 Å². The van der Waals surface area contributed by atoms with Gasteiger partial charge in [0.1, 0.15) is 11.9 Å². The number of benzene rings is 2. The van der Waals surface area contributed by atoms with E-state index < -0.39 is 51.1 Å². The number of carbonyl (C=O) groups is 2. The molecule has 0 fully saturated rings. The van der Waals surface area contributed by atoms with E-state index in [9.17, 15) is 35.6 Å². The largest absolute Gasteiger partial charge is 0.494 e. The number of nitrogens with zero attached hydrogens (tertiary/aromatic N) is 1. The van der Waals surface area contributed by atoms with E-state index >= 15 is 0 Å². The molecule has 10 nitrogen and oxygen atoms in total. The first-order valence-corrected chi connectivity index (χ1v) is 13.3. The van der Waals surface area contributed by atoms with Gasteiger partial charge in [0, 0.05) is 17.2 Å². The molecule has 0 unspecified atom stereocenters. The van der Waals surface area contributed by atoms with Crippen LogP contribution in [-0.4, -0.2) is 52.0 Å². The first-order valence-electron chi connectivity index (χ1n) is 11.8. The molecule has 1 atom stereocenters. The molecule has 0 radical (unpaired) electrons. The zero-order valence-electron chi connectivity index (χ0n) is 22.3. The van der Waals surface area contributed by atoms with Crippen molar-refractivity contribution in [2.75, 3.05) is 23.3 Å². The number of halogens is 4. The topological polar surface area (TPSA) is 137 Å². The highest BCUT2D eigenvalue weighted by Gasteiger charge is 2.51. The number of primary amides is 1. The van der Waals surface area contributed by atoms with E-state index in [1.54, 1.807) is 13.8 Å². The molecule has 40 heavy (non-hydrogen) atoms. The number of nitrogens with two attached hydrogens (primary N) is 1. The van der Waals surface area contributed by atoms with E-state index in [2.05, 4.69) is 10.1 Å². The van der Waals surface area contributed by atoms with Gasteiger partial charge >= 0.3 is 12.3 Å². The molecule has 1 aliphatic heterocycles. The van der Waals surface area contributed by atoms with Gasteiger partial charge in [0.2, 0.25) is 11.5 Å². The number of methoxy groups -OCH3 is 1. The Morgan fingerprint density at radius 1 is 1.12 bits per heavy atom. The second-order valence-corrected chi connectivity index (χ2v) is 12.1. The van der Waals surface area contributed by atoms with Crippen molar-refractivity contribution in [2.24, 2.45) is 11.1 Å². The molecule has 220 valence electrons. The van der Waals surface area contributed by atoms with E-state index in [4.69, 9.17) is 15.2 Å². The van der Waals surface area contributed by atoms with Crippen LogP contribution in [0.4, 0.5) is 33.7 Å². The third-order valence-corrected chi connectivity index (χ3v) is 8.06. The summed E-state index contributed by atoms with van der Waals surface area (Å²) in [5, 5.41) is 2.15. The van der Waals surface area contributed by atoms with Gasteiger partial charge < -0.3 is 19.9 Å². The van der Waals surface area contributed by atoms with Gasteiger partial charge in [-0.1, -0.05) is 13.8 Å². The van der Waals surface area contributed by atoms with Crippen molar-refractivity contribution < 1.29 is 49.8 Å². The Morgan fingerprint density at radius 2 is 1.77 bits per heavy atom. The van der Waals surface area contributed by atoms with Crippen LogP contribution in [0.25, 0.3) is 0 Å². The summed E-state index contributed by atoms with van der Waals surface area (Å²) >= 11 is 0. The summed E-state index contributed by atoms with van der Waals surface area (Å²) in [5.41, 5.74) is 1.42. The van der Waals surface area contributed by atoms with Gasteiger partial charge in [-0.25, -0.2) is 17.6 Å². The summed E-state index contributed by atoms with van der Waals surface area (Å²) in [5.74, 6) is -1.73. The van der Waals surface area contributed by atoms with Crippen LogP contribution in [0.5, 0.6) is 11.5 Å². The number of nitrogens with one attached hydrogen (secondary N) is 1. The average Bonchev–Trinajstić information content (AvgIpc) is 2.82. The van der Waals surface area contributed by atoms with Crippen molar-refractivity contribution in [3.8, 4) is 11.5 Å². The Morgan fingerprint density at radius 3 is 2.35 bits per heavy atom. The standard InChI is InChI=1S/C25H29F4N3O7S/c1-23(2,21(30)33)12-15-13-32(40(35,36)16-7-8-17(26)20(11-16)37-5)18-10-14(6-9-19(18)38-15)31-22(34)39-24(3,4)25(27,28)29/h6-11,15H,12-13H2,1-5H3,(H2,30,33)(H,31,34)/t15-/m0/s1. The second kappa shape index (κ2) is 10.7. The predicted molar refractivity (Wildman–Crippen MR) is 136 cm³/mol. The Labute approximate surface area is 228 Å². The fourth-order valence-corrected chi connectivity index (χ4v) is 5.27. The summed E-state index contributed by atoms with van der Waals surface area (Å²) < 4.78 is 97.2. The van der Waals surface area contributed by atoms with E-state index in [0.717, 1.165) is 29.6 Å². The molecule has 2 aromatic rings. The van der Waals surface area contributed by atoms with Crippen LogP contribution >= 0.6 is 0 Å². The fraction of sp³-hybridized carbons (Fsp3) is 0.440. The van der Waals surface area contributed by atoms with Gasteiger partial charge in [-0.2, -0.15) is 13.2 Å². The number of rotatable bonds is 8. The van der Waals surface area contributed by atoms with Crippen molar-refractivity contribution in [3.63, 3.8) is 0 Å². The zero-order chi connectivity index (χ0) is 30.3. The van der Waals surface area contributed by atoms with Crippen LogP contribution in [0.3, 0.4) is 0 Å². The van der Waals surface area contributed by atoms with E-state index in [0.29, 0.717) is 13.8 Å². The molecule has 0 spiro atoms. The lowest BCUT2D eigenvalue weighted by atomic mass is 9.85. The van der Waals surface area contributed by atoms with Gasteiger partial charge in [0.05, 0.1) is 24.2 Å². The van der Waals surface area contributed by atoms with Crippen molar-refractivity contribution in [3.05, 3.63) is 42.2 Å². The number of amides is 2. The van der Waals surface area contributed by atoms with Gasteiger partial charge in [0.25, 0.3) is 10.0 Å². The molecule has 0 aromatic heterocycles. The number of hydrogen-bond donors (Lipinski definition) is 2. The highest BCUT2D eigenvalue weighted by atomic mass is 32.2. The maximum atomic E-state index is 14.0. The van der Waals surface area contributed by atoms with Crippen LogP contribution in [0.1, 0.15) is 34.1 Å². The second-order valence-electron chi connectivity index (χ2n) is 10.2. The van der Waals surface area contributed by atoms with Crippen molar-refractivity contribution in [1.82, 2.24) is 0 Å². The Hall–Kier alpha value is -3.75. The number of anilines is 2. The lowest BCUT2D eigenvalue weighted by Crippen LogP contribution is -2.47. The van der Waals surface area contributed by atoms with Crippen LogP contribution in [0, 0.1) is 11.2 Å². The predicted octanol–water partition coefficient (Wildman–Crippen LogP) is 4.58. The quantitative estimate of drug-likeness (QED) is 0.429. The van der Waals surface area contributed by atoms with Crippen LogP contribution in [-0.2, 0) is 19.6 Å². The zero-order valence-corrected chi connectivity index (χ0v) is 23.1. The highest BCUT2D eigenvalue weighted by molar-refractivity contribution is 7.92. The number of ether oxygens (including phenoxy) is 3. The summed E-state index contributed by atoms with van der Waals surface area (Å²) in [6.07, 6.45) is -7.11. The van der Waals surface area contributed by atoms with Crippen LogP contribution < -0.4 is 24.8 Å². The number of carbonyl (C=O) groups excluding carboxylic acids is 2. The Bertz CT molecular complexity index is 1410. The molecule has 0 saturated heterocycles. The molecule has 1 aliphatic rings. The maximum Gasteiger partial charge on any atom is 0.427 e. The van der Waals surface area contributed by atoms with Crippen molar-refractivity contribution in [2.45, 2.75) is 56.9 Å². The normalized spacial score (nSPS) is 16.0. The molecule has 15 heteroatoms. The monoisotopic (exact) mass is 591 g/mol. The van der Waals surface area contributed by atoms with Gasteiger partial charge in [-0.05, 0) is 50.6 Å². The summed E-state index contributed by atoms with van der Waals surface area (Å²) in [7, 11) is -3.26. The summed E-state index contributed by atoms with van der Waals surface area (Å²) in [6.45, 7) is 4.16. The summed E-state index contributed by atoms with van der Waals surface area (Å²) in [4.78, 5) is 23.8.